The van der Waals surface area contributed by atoms with Gasteiger partial charge in [-0.15, -0.1) is 0 Å². The fraction of sp³-hybridized carbons (Fsp3) is 1.00. The Labute approximate surface area is 95.0 Å². The minimum absolute atomic E-state index is 0.477. The van der Waals surface area contributed by atoms with Crippen molar-refractivity contribution in [2.24, 2.45) is 16.7 Å². The van der Waals surface area contributed by atoms with E-state index in [0.29, 0.717) is 10.8 Å². The van der Waals surface area contributed by atoms with Crippen LogP contribution in [0, 0.1) is 16.7 Å². The lowest BCUT2D eigenvalue weighted by atomic mass is 9.56. The van der Waals surface area contributed by atoms with Crippen molar-refractivity contribution in [2.45, 2.75) is 59.3 Å². The van der Waals surface area contributed by atoms with Gasteiger partial charge in [0.25, 0.3) is 0 Å². The van der Waals surface area contributed by atoms with Crippen LogP contribution in [0.15, 0.2) is 0 Å². The second kappa shape index (κ2) is 4.08. The summed E-state index contributed by atoms with van der Waals surface area (Å²) in [6.45, 7) is 9.80. The minimum Gasteiger partial charge on any atom is -0.316 e. The van der Waals surface area contributed by atoms with Gasteiger partial charge < -0.3 is 5.32 Å². The average Bonchev–Trinajstić information content (AvgIpc) is 2.18. The zero-order chi connectivity index (χ0) is 10.9. The molecular formula is C14H27N. The summed E-state index contributed by atoms with van der Waals surface area (Å²) < 4.78 is 0. The molecule has 2 aliphatic rings. The predicted molar refractivity (Wildman–Crippen MR) is 65.9 cm³/mol. The molecule has 0 radical (unpaired) electrons. The van der Waals surface area contributed by atoms with Gasteiger partial charge in [0.15, 0.2) is 0 Å². The van der Waals surface area contributed by atoms with Gasteiger partial charge in [0.2, 0.25) is 0 Å². The van der Waals surface area contributed by atoms with E-state index in [0.717, 1.165) is 5.92 Å². The van der Waals surface area contributed by atoms with E-state index in [4.69, 9.17) is 0 Å². The van der Waals surface area contributed by atoms with Crippen LogP contribution in [-0.2, 0) is 0 Å². The molecule has 0 aromatic rings. The maximum absolute atomic E-state index is 3.61. The van der Waals surface area contributed by atoms with Crippen molar-refractivity contribution < 1.29 is 0 Å². The standard InChI is InChI=1S/C14H27N/c1-13(2,3)12-11-15-10-9-14(12)7-5-4-6-8-14/h12,15H,4-11H2,1-3H3. The molecule has 0 amide bonds. The summed E-state index contributed by atoms with van der Waals surface area (Å²) in [5.74, 6) is 0.888. The molecule has 1 unspecified atom stereocenters. The van der Waals surface area contributed by atoms with Crippen molar-refractivity contribution in [1.82, 2.24) is 5.32 Å². The lowest BCUT2D eigenvalue weighted by Crippen LogP contribution is -2.51. The Morgan fingerprint density at radius 3 is 2.27 bits per heavy atom. The quantitative estimate of drug-likeness (QED) is 0.643. The molecule has 1 spiro atoms. The Morgan fingerprint density at radius 2 is 1.67 bits per heavy atom. The first kappa shape index (κ1) is 11.4. The van der Waals surface area contributed by atoms with Crippen LogP contribution in [0.1, 0.15) is 59.3 Å². The van der Waals surface area contributed by atoms with Crippen molar-refractivity contribution in [3.05, 3.63) is 0 Å². The molecule has 1 atom stereocenters. The van der Waals surface area contributed by atoms with E-state index < -0.39 is 0 Å². The third kappa shape index (κ3) is 2.22. The van der Waals surface area contributed by atoms with Crippen LogP contribution in [0.4, 0.5) is 0 Å². The van der Waals surface area contributed by atoms with E-state index in [-0.39, 0.29) is 0 Å². The number of rotatable bonds is 0. The SMILES string of the molecule is CC(C)(C)C1CNCCC12CCCCC2. The molecule has 1 nitrogen and oxygen atoms in total. The largest absolute Gasteiger partial charge is 0.316 e. The molecule has 0 bridgehead atoms. The Hall–Kier alpha value is -0.0400. The molecule has 2 rings (SSSR count). The summed E-state index contributed by atoms with van der Waals surface area (Å²) in [7, 11) is 0. The zero-order valence-corrected chi connectivity index (χ0v) is 10.7. The molecular weight excluding hydrogens is 182 g/mol. The number of nitrogens with one attached hydrogen (secondary N) is 1. The van der Waals surface area contributed by atoms with Gasteiger partial charge in [-0.05, 0) is 49.1 Å². The minimum atomic E-state index is 0.477. The zero-order valence-electron chi connectivity index (χ0n) is 10.7. The van der Waals surface area contributed by atoms with E-state index >= 15 is 0 Å². The molecule has 1 aliphatic heterocycles. The van der Waals surface area contributed by atoms with Crippen molar-refractivity contribution >= 4 is 0 Å². The second-order valence-electron chi connectivity index (χ2n) is 6.80. The molecule has 1 heterocycles. The Balaban J connectivity index is 2.17. The smallest absolute Gasteiger partial charge is 0.00102 e. The predicted octanol–water partition coefficient (Wildman–Crippen LogP) is 3.59. The van der Waals surface area contributed by atoms with Gasteiger partial charge in [0, 0.05) is 0 Å². The lowest BCUT2D eigenvalue weighted by molar-refractivity contribution is -0.00725. The Bertz CT molecular complexity index is 200. The molecule has 1 aliphatic carbocycles. The first-order valence-corrected chi connectivity index (χ1v) is 6.75. The lowest BCUT2D eigenvalue weighted by Gasteiger charge is -2.52. The molecule has 15 heavy (non-hydrogen) atoms. The van der Waals surface area contributed by atoms with Crippen LogP contribution >= 0.6 is 0 Å². The van der Waals surface area contributed by atoms with Crippen LogP contribution < -0.4 is 5.32 Å². The number of hydrogen-bond donors (Lipinski definition) is 1. The maximum Gasteiger partial charge on any atom is -0.00102 e. The van der Waals surface area contributed by atoms with Crippen molar-refractivity contribution in [2.75, 3.05) is 13.1 Å². The van der Waals surface area contributed by atoms with Crippen LogP contribution in [0.3, 0.4) is 0 Å². The van der Waals surface area contributed by atoms with Crippen LogP contribution in [0.25, 0.3) is 0 Å². The molecule has 1 N–H and O–H groups in total. The molecule has 2 fully saturated rings. The van der Waals surface area contributed by atoms with E-state index in [2.05, 4.69) is 26.1 Å². The highest BCUT2D eigenvalue weighted by Gasteiger charge is 2.45. The average molecular weight is 209 g/mol. The summed E-state index contributed by atoms with van der Waals surface area (Å²) in [6.07, 6.45) is 8.85. The molecule has 1 heteroatoms. The van der Waals surface area contributed by atoms with Crippen LogP contribution in [0.5, 0.6) is 0 Å². The van der Waals surface area contributed by atoms with Crippen molar-refractivity contribution in [3.63, 3.8) is 0 Å². The van der Waals surface area contributed by atoms with Crippen molar-refractivity contribution in [1.29, 1.82) is 0 Å². The van der Waals surface area contributed by atoms with Crippen LogP contribution in [-0.4, -0.2) is 13.1 Å². The van der Waals surface area contributed by atoms with E-state index in [9.17, 15) is 0 Å². The first-order valence-electron chi connectivity index (χ1n) is 6.75. The third-order valence-corrected chi connectivity index (χ3v) is 4.78. The fourth-order valence-electron chi connectivity index (χ4n) is 4.05. The maximum atomic E-state index is 3.61. The Morgan fingerprint density at radius 1 is 1.00 bits per heavy atom. The fourth-order valence-corrected chi connectivity index (χ4v) is 4.05. The second-order valence-corrected chi connectivity index (χ2v) is 6.80. The summed E-state index contributed by atoms with van der Waals surface area (Å²) in [6, 6.07) is 0. The van der Waals surface area contributed by atoms with E-state index in [1.807, 2.05) is 0 Å². The van der Waals surface area contributed by atoms with Crippen molar-refractivity contribution in [3.8, 4) is 0 Å². The molecule has 88 valence electrons. The molecule has 1 saturated carbocycles. The van der Waals surface area contributed by atoms with Crippen LogP contribution in [0.2, 0.25) is 0 Å². The van der Waals surface area contributed by atoms with E-state index in [1.54, 1.807) is 0 Å². The van der Waals surface area contributed by atoms with Gasteiger partial charge in [-0.1, -0.05) is 40.0 Å². The summed E-state index contributed by atoms with van der Waals surface area (Å²) in [4.78, 5) is 0. The number of piperidine rings is 1. The summed E-state index contributed by atoms with van der Waals surface area (Å²) in [5, 5.41) is 3.61. The monoisotopic (exact) mass is 209 g/mol. The van der Waals surface area contributed by atoms with Gasteiger partial charge in [0.1, 0.15) is 0 Å². The molecule has 0 aromatic carbocycles. The Kier molecular flexibility index (Phi) is 3.12. The third-order valence-electron chi connectivity index (χ3n) is 4.78. The number of hydrogen-bond acceptors (Lipinski definition) is 1. The molecule has 1 saturated heterocycles. The van der Waals surface area contributed by atoms with Gasteiger partial charge in [-0.25, -0.2) is 0 Å². The van der Waals surface area contributed by atoms with Gasteiger partial charge in [0.05, 0.1) is 0 Å². The first-order chi connectivity index (χ1) is 7.05. The molecule has 0 aromatic heterocycles. The summed E-state index contributed by atoms with van der Waals surface area (Å²) >= 11 is 0. The highest BCUT2D eigenvalue weighted by molar-refractivity contribution is 4.97. The van der Waals surface area contributed by atoms with Gasteiger partial charge >= 0.3 is 0 Å². The van der Waals surface area contributed by atoms with Gasteiger partial charge in [-0.3, -0.25) is 0 Å². The normalized spacial score (nSPS) is 31.8. The topological polar surface area (TPSA) is 12.0 Å². The highest BCUT2D eigenvalue weighted by atomic mass is 14.9. The summed E-state index contributed by atoms with van der Waals surface area (Å²) in [5.41, 5.74) is 1.17. The van der Waals surface area contributed by atoms with Gasteiger partial charge in [-0.2, -0.15) is 0 Å². The highest BCUT2D eigenvalue weighted by Crippen LogP contribution is 2.52. The van der Waals surface area contributed by atoms with E-state index in [1.165, 1.54) is 51.6 Å².